The van der Waals surface area contributed by atoms with E-state index in [9.17, 15) is 0 Å². The molecular weight excluding hydrogens is 234 g/mol. The Morgan fingerprint density at radius 3 is 2.65 bits per heavy atom. The summed E-state index contributed by atoms with van der Waals surface area (Å²) in [4.78, 5) is 6.79. The van der Waals surface area contributed by atoms with Gasteiger partial charge in [0.15, 0.2) is 0 Å². The summed E-state index contributed by atoms with van der Waals surface area (Å²) in [7, 11) is 1.93. The van der Waals surface area contributed by atoms with Crippen LogP contribution in [0.5, 0.6) is 0 Å². The van der Waals surface area contributed by atoms with Crippen LogP contribution in [-0.4, -0.2) is 25.1 Å². The lowest BCUT2D eigenvalue weighted by Gasteiger charge is -2.18. The molecule has 0 radical (unpaired) electrons. The summed E-state index contributed by atoms with van der Waals surface area (Å²) < 4.78 is 0. The molecule has 1 aromatic rings. The summed E-state index contributed by atoms with van der Waals surface area (Å²) in [6, 6.07) is 2.10. The van der Waals surface area contributed by atoms with Gasteiger partial charge in [0.1, 0.15) is 5.82 Å². The number of hydrogen-bond donors (Lipinski definition) is 1. The molecule has 0 spiro atoms. The van der Waals surface area contributed by atoms with Gasteiger partial charge in [-0.1, -0.05) is 25.4 Å². The van der Waals surface area contributed by atoms with Crippen molar-refractivity contribution in [3.63, 3.8) is 0 Å². The highest BCUT2D eigenvalue weighted by Gasteiger charge is 2.27. The lowest BCUT2D eigenvalue weighted by molar-refractivity contribution is 0.494. The summed E-state index contributed by atoms with van der Waals surface area (Å²) in [6.45, 7) is 7.57. The van der Waals surface area contributed by atoms with E-state index >= 15 is 0 Å². The minimum Gasteiger partial charge on any atom is -0.356 e. The van der Waals surface area contributed by atoms with E-state index in [0.717, 1.165) is 47.9 Å². The van der Waals surface area contributed by atoms with Gasteiger partial charge in [0, 0.05) is 25.8 Å². The molecule has 2 atom stereocenters. The Morgan fingerprint density at radius 2 is 2.06 bits per heavy atom. The molecule has 0 saturated carbocycles. The van der Waals surface area contributed by atoms with Crippen molar-refractivity contribution in [3.8, 4) is 0 Å². The van der Waals surface area contributed by atoms with Crippen LogP contribution < -0.4 is 10.2 Å². The summed E-state index contributed by atoms with van der Waals surface area (Å²) in [6.07, 6.45) is 1.76. The summed E-state index contributed by atoms with van der Waals surface area (Å²) in [5.41, 5.74) is 1.12. The molecule has 1 fully saturated rings. The number of hydrogen-bond acceptors (Lipinski definition) is 3. The molecule has 3 nitrogen and oxygen atoms in total. The molecular formula is C13H20ClN3. The highest BCUT2D eigenvalue weighted by molar-refractivity contribution is 6.31. The normalized spacial score (nSPS) is 24.4. The number of pyridine rings is 1. The molecule has 1 aliphatic rings. The number of halogens is 1. The Balaban J connectivity index is 2.19. The number of rotatable bonds is 3. The molecule has 94 valence electrons. The van der Waals surface area contributed by atoms with E-state index in [0.29, 0.717) is 0 Å². The van der Waals surface area contributed by atoms with Crippen LogP contribution in [0.3, 0.4) is 0 Å². The topological polar surface area (TPSA) is 28.2 Å². The smallest absolute Gasteiger partial charge is 0.128 e. The lowest BCUT2D eigenvalue weighted by Crippen LogP contribution is -2.21. The Kier molecular flexibility index (Phi) is 3.89. The second-order valence-electron chi connectivity index (χ2n) is 5.02. The average molecular weight is 254 g/mol. The Bertz CT molecular complexity index is 384. The van der Waals surface area contributed by atoms with Gasteiger partial charge >= 0.3 is 0 Å². The maximum atomic E-state index is 6.12. The fraction of sp³-hybridized carbons (Fsp3) is 0.615. The van der Waals surface area contributed by atoms with Gasteiger partial charge < -0.3 is 10.2 Å². The average Bonchev–Trinajstić information content (AvgIpc) is 2.63. The first-order chi connectivity index (χ1) is 8.11. The quantitative estimate of drug-likeness (QED) is 0.898. The zero-order chi connectivity index (χ0) is 12.4. The van der Waals surface area contributed by atoms with E-state index in [2.05, 4.69) is 35.1 Å². The van der Waals surface area contributed by atoms with Gasteiger partial charge in [-0.25, -0.2) is 4.98 Å². The largest absolute Gasteiger partial charge is 0.356 e. The molecule has 2 unspecified atom stereocenters. The molecule has 4 heteroatoms. The van der Waals surface area contributed by atoms with Gasteiger partial charge in [-0.15, -0.1) is 0 Å². The van der Waals surface area contributed by atoms with Crippen LogP contribution >= 0.6 is 11.6 Å². The first kappa shape index (κ1) is 12.7. The third kappa shape index (κ3) is 2.72. The maximum absolute atomic E-state index is 6.12. The maximum Gasteiger partial charge on any atom is 0.128 e. The predicted octanol–water partition coefficient (Wildman–Crippen LogP) is 2.55. The van der Waals surface area contributed by atoms with Crippen molar-refractivity contribution in [3.05, 3.63) is 22.8 Å². The molecule has 1 N–H and O–H groups in total. The van der Waals surface area contributed by atoms with Crippen molar-refractivity contribution in [1.29, 1.82) is 0 Å². The Hall–Kier alpha value is -0.800. The van der Waals surface area contributed by atoms with E-state index in [1.54, 1.807) is 6.20 Å². The van der Waals surface area contributed by atoms with E-state index in [-0.39, 0.29) is 0 Å². The molecule has 0 aromatic carbocycles. The number of nitrogens with zero attached hydrogens (tertiary/aromatic N) is 2. The lowest BCUT2D eigenvalue weighted by atomic mass is 10.0. The molecule has 17 heavy (non-hydrogen) atoms. The minimum absolute atomic E-state index is 0.736. The summed E-state index contributed by atoms with van der Waals surface area (Å²) in [5.74, 6) is 2.52. The summed E-state index contributed by atoms with van der Waals surface area (Å²) >= 11 is 6.12. The van der Waals surface area contributed by atoms with Crippen molar-refractivity contribution in [2.75, 3.05) is 25.0 Å². The molecule has 0 bridgehead atoms. The molecule has 0 amide bonds. The van der Waals surface area contributed by atoms with E-state index in [1.807, 2.05) is 7.05 Å². The van der Waals surface area contributed by atoms with Gasteiger partial charge in [0.2, 0.25) is 0 Å². The van der Waals surface area contributed by atoms with Crippen molar-refractivity contribution < 1.29 is 0 Å². The Labute approximate surface area is 108 Å². The monoisotopic (exact) mass is 253 g/mol. The molecule has 2 heterocycles. The van der Waals surface area contributed by atoms with Crippen molar-refractivity contribution in [1.82, 2.24) is 10.3 Å². The predicted molar refractivity (Wildman–Crippen MR) is 72.6 cm³/mol. The molecule has 1 saturated heterocycles. The van der Waals surface area contributed by atoms with E-state index in [4.69, 9.17) is 11.6 Å². The van der Waals surface area contributed by atoms with Crippen molar-refractivity contribution in [2.45, 2.75) is 20.4 Å². The van der Waals surface area contributed by atoms with Crippen LogP contribution in [0.25, 0.3) is 0 Å². The number of aromatic nitrogens is 1. The van der Waals surface area contributed by atoms with Crippen LogP contribution in [0.4, 0.5) is 5.82 Å². The Morgan fingerprint density at radius 1 is 1.41 bits per heavy atom. The fourth-order valence-electron chi connectivity index (χ4n) is 2.28. The van der Waals surface area contributed by atoms with Crippen LogP contribution in [0.2, 0.25) is 5.02 Å². The number of nitrogens with one attached hydrogen (secondary N) is 1. The van der Waals surface area contributed by atoms with Crippen molar-refractivity contribution in [2.24, 2.45) is 11.8 Å². The van der Waals surface area contributed by atoms with Crippen LogP contribution in [-0.2, 0) is 6.54 Å². The SMILES string of the molecule is CNCc1cc(N2CC(C)C(C)C2)ncc1Cl. The third-order valence-electron chi connectivity index (χ3n) is 3.60. The second-order valence-corrected chi connectivity index (χ2v) is 5.43. The number of anilines is 1. The minimum atomic E-state index is 0.736. The van der Waals surface area contributed by atoms with Gasteiger partial charge in [0.25, 0.3) is 0 Å². The molecule has 1 aliphatic heterocycles. The zero-order valence-electron chi connectivity index (χ0n) is 10.7. The molecule has 0 aliphatic carbocycles. The third-order valence-corrected chi connectivity index (χ3v) is 3.94. The van der Waals surface area contributed by atoms with Gasteiger partial charge in [-0.2, -0.15) is 0 Å². The first-order valence-electron chi connectivity index (χ1n) is 6.15. The van der Waals surface area contributed by atoms with Crippen LogP contribution in [0.1, 0.15) is 19.4 Å². The zero-order valence-corrected chi connectivity index (χ0v) is 11.5. The standard InChI is InChI=1S/C13H20ClN3/c1-9-7-17(8-10(9)2)13-4-11(5-15-3)12(14)6-16-13/h4,6,9-10,15H,5,7-8H2,1-3H3. The van der Waals surface area contributed by atoms with Crippen LogP contribution in [0, 0.1) is 11.8 Å². The molecule has 1 aromatic heterocycles. The van der Waals surface area contributed by atoms with Crippen molar-refractivity contribution >= 4 is 17.4 Å². The highest BCUT2D eigenvalue weighted by Crippen LogP contribution is 2.28. The van der Waals surface area contributed by atoms with Gasteiger partial charge in [0.05, 0.1) is 5.02 Å². The fourth-order valence-corrected chi connectivity index (χ4v) is 2.45. The summed E-state index contributed by atoms with van der Waals surface area (Å²) in [5, 5.41) is 3.87. The van der Waals surface area contributed by atoms with Gasteiger partial charge in [-0.3, -0.25) is 0 Å². The van der Waals surface area contributed by atoms with Gasteiger partial charge in [-0.05, 0) is 30.5 Å². The van der Waals surface area contributed by atoms with E-state index in [1.165, 1.54) is 0 Å². The first-order valence-corrected chi connectivity index (χ1v) is 6.53. The second kappa shape index (κ2) is 5.23. The van der Waals surface area contributed by atoms with E-state index < -0.39 is 0 Å². The van der Waals surface area contributed by atoms with Crippen LogP contribution in [0.15, 0.2) is 12.3 Å². The molecule has 2 rings (SSSR count). The highest BCUT2D eigenvalue weighted by atomic mass is 35.5.